The molecule has 1 atom stereocenters. The van der Waals surface area contributed by atoms with Gasteiger partial charge in [-0.05, 0) is 25.7 Å². The van der Waals surface area contributed by atoms with E-state index < -0.39 is 5.60 Å². The lowest BCUT2D eigenvalue weighted by molar-refractivity contribution is -0.139. The van der Waals surface area contributed by atoms with Gasteiger partial charge in [0.15, 0.2) is 0 Å². The van der Waals surface area contributed by atoms with Crippen LogP contribution in [0.4, 0.5) is 0 Å². The summed E-state index contributed by atoms with van der Waals surface area (Å²) in [6.45, 7) is 8.46. The Morgan fingerprint density at radius 1 is 1.40 bits per heavy atom. The molecule has 0 aliphatic carbocycles. The number of carbonyl (C=O) groups excluding carboxylic acids is 2. The van der Waals surface area contributed by atoms with Crippen LogP contribution in [0.3, 0.4) is 0 Å². The van der Waals surface area contributed by atoms with Gasteiger partial charge in [0, 0.05) is 32.6 Å². The molecular weight excluding hydrogens is 256 g/mol. The van der Waals surface area contributed by atoms with Crippen LogP contribution in [-0.2, 0) is 9.59 Å². The number of hydrogen-bond donors (Lipinski definition) is 1. The van der Waals surface area contributed by atoms with Gasteiger partial charge in [0.2, 0.25) is 11.8 Å². The van der Waals surface area contributed by atoms with Crippen molar-refractivity contribution < 1.29 is 14.7 Å². The monoisotopic (exact) mass is 282 g/mol. The van der Waals surface area contributed by atoms with E-state index in [1.165, 1.54) is 0 Å². The van der Waals surface area contributed by atoms with Crippen LogP contribution in [0, 0.1) is 11.8 Å². The van der Waals surface area contributed by atoms with Gasteiger partial charge in [-0.1, -0.05) is 13.8 Å². The van der Waals surface area contributed by atoms with Crippen molar-refractivity contribution in [2.75, 3.05) is 26.2 Å². The van der Waals surface area contributed by atoms with E-state index in [0.717, 1.165) is 6.54 Å². The minimum Gasteiger partial charge on any atom is -0.390 e. The largest absolute Gasteiger partial charge is 0.390 e. The summed E-state index contributed by atoms with van der Waals surface area (Å²) in [4.78, 5) is 28.0. The molecule has 0 saturated carbocycles. The normalized spacial score (nSPS) is 26.4. The van der Waals surface area contributed by atoms with Crippen molar-refractivity contribution in [3.63, 3.8) is 0 Å². The van der Waals surface area contributed by atoms with Crippen LogP contribution in [0.2, 0.25) is 0 Å². The van der Waals surface area contributed by atoms with Gasteiger partial charge in [-0.3, -0.25) is 9.59 Å². The van der Waals surface area contributed by atoms with Crippen molar-refractivity contribution in [3.05, 3.63) is 0 Å². The lowest BCUT2D eigenvalue weighted by Crippen LogP contribution is -2.47. The minimum absolute atomic E-state index is 0.0834. The third-order valence-electron chi connectivity index (χ3n) is 4.30. The smallest absolute Gasteiger partial charge is 0.227 e. The first kappa shape index (κ1) is 15.3. The lowest BCUT2D eigenvalue weighted by Gasteiger charge is -2.36. The van der Waals surface area contributed by atoms with Crippen molar-refractivity contribution in [2.45, 2.75) is 45.6 Å². The van der Waals surface area contributed by atoms with Gasteiger partial charge in [-0.2, -0.15) is 0 Å². The number of nitrogens with zero attached hydrogens (tertiary/aromatic N) is 2. The van der Waals surface area contributed by atoms with Crippen LogP contribution >= 0.6 is 0 Å². The highest BCUT2D eigenvalue weighted by atomic mass is 16.3. The Labute approximate surface area is 120 Å². The summed E-state index contributed by atoms with van der Waals surface area (Å²) in [5.41, 5.74) is -0.647. The summed E-state index contributed by atoms with van der Waals surface area (Å²) in [5, 5.41) is 9.92. The van der Waals surface area contributed by atoms with Crippen molar-refractivity contribution in [2.24, 2.45) is 11.8 Å². The summed E-state index contributed by atoms with van der Waals surface area (Å²) in [6.07, 6.45) is 1.59. The summed E-state index contributed by atoms with van der Waals surface area (Å²) in [6, 6.07) is 0. The SMILES string of the molecule is CC(C)CN1CC(C(=O)N2CCC(C)(O)CC2)CC1=O. The molecule has 2 saturated heterocycles. The first-order valence-electron chi connectivity index (χ1n) is 7.57. The lowest BCUT2D eigenvalue weighted by atomic mass is 9.93. The molecule has 1 N–H and O–H groups in total. The standard InChI is InChI=1S/C15H26N2O3/c1-11(2)9-17-10-12(8-13(17)18)14(19)16-6-4-15(3,20)5-7-16/h11-12,20H,4-10H2,1-3H3. The Balaban J connectivity index is 1.90. The molecule has 2 heterocycles. The zero-order valence-electron chi connectivity index (χ0n) is 12.8. The van der Waals surface area contributed by atoms with E-state index in [4.69, 9.17) is 0 Å². The van der Waals surface area contributed by atoms with E-state index in [1.54, 1.807) is 0 Å². The molecule has 20 heavy (non-hydrogen) atoms. The quantitative estimate of drug-likeness (QED) is 0.835. The van der Waals surface area contributed by atoms with Crippen LogP contribution < -0.4 is 0 Å². The molecule has 1 unspecified atom stereocenters. The number of carbonyl (C=O) groups is 2. The zero-order valence-corrected chi connectivity index (χ0v) is 12.8. The van der Waals surface area contributed by atoms with E-state index in [0.29, 0.717) is 44.8 Å². The Morgan fingerprint density at radius 2 is 2.00 bits per heavy atom. The van der Waals surface area contributed by atoms with Crippen LogP contribution in [0.25, 0.3) is 0 Å². The maximum Gasteiger partial charge on any atom is 0.227 e. The van der Waals surface area contributed by atoms with E-state index in [1.807, 2.05) is 16.7 Å². The van der Waals surface area contributed by atoms with E-state index in [-0.39, 0.29) is 17.7 Å². The summed E-state index contributed by atoms with van der Waals surface area (Å²) in [5.74, 6) is 0.420. The molecular formula is C15H26N2O3. The fourth-order valence-corrected chi connectivity index (χ4v) is 3.02. The maximum absolute atomic E-state index is 12.5. The minimum atomic E-state index is -0.647. The van der Waals surface area contributed by atoms with Gasteiger partial charge in [0.1, 0.15) is 0 Å². The van der Waals surface area contributed by atoms with Crippen LogP contribution in [0.5, 0.6) is 0 Å². The van der Waals surface area contributed by atoms with Gasteiger partial charge in [-0.15, -0.1) is 0 Å². The predicted octanol–water partition coefficient (Wildman–Crippen LogP) is 0.864. The average Bonchev–Trinajstić information content (AvgIpc) is 2.69. The molecule has 2 amide bonds. The molecule has 5 nitrogen and oxygen atoms in total. The molecule has 2 fully saturated rings. The summed E-state index contributed by atoms with van der Waals surface area (Å²) < 4.78 is 0. The summed E-state index contributed by atoms with van der Waals surface area (Å²) >= 11 is 0. The number of piperidine rings is 1. The van der Waals surface area contributed by atoms with Gasteiger partial charge < -0.3 is 14.9 Å². The number of amides is 2. The van der Waals surface area contributed by atoms with Gasteiger partial charge in [-0.25, -0.2) is 0 Å². The molecule has 0 bridgehead atoms. The second-order valence-electron chi connectivity index (χ2n) is 6.92. The van der Waals surface area contributed by atoms with Crippen molar-refractivity contribution in [1.82, 2.24) is 9.80 Å². The molecule has 5 heteroatoms. The van der Waals surface area contributed by atoms with E-state index >= 15 is 0 Å². The predicted molar refractivity (Wildman–Crippen MR) is 76.0 cm³/mol. The Morgan fingerprint density at radius 3 is 2.55 bits per heavy atom. The Bertz CT molecular complexity index is 383. The van der Waals surface area contributed by atoms with E-state index in [2.05, 4.69) is 13.8 Å². The summed E-state index contributed by atoms with van der Waals surface area (Å²) in [7, 11) is 0. The second kappa shape index (κ2) is 5.72. The molecule has 2 aliphatic heterocycles. The van der Waals surface area contributed by atoms with Gasteiger partial charge in [0.25, 0.3) is 0 Å². The Kier molecular flexibility index (Phi) is 4.37. The fraction of sp³-hybridized carbons (Fsp3) is 0.867. The van der Waals surface area contributed by atoms with Crippen molar-refractivity contribution >= 4 is 11.8 Å². The van der Waals surface area contributed by atoms with Crippen LogP contribution in [0.15, 0.2) is 0 Å². The van der Waals surface area contributed by atoms with Gasteiger partial charge >= 0.3 is 0 Å². The van der Waals surface area contributed by atoms with E-state index in [9.17, 15) is 14.7 Å². The molecule has 0 aromatic rings. The highest BCUT2D eigenvalue weighted by molar-refractivity contribution is 5.89. The molecule has 114 valence electrons. The van der Waals surface area contributed by atoms with Crippen molar-refractivity contribution in [1.29, 1.82) is 0 Å². The molecule has 0 radical (unpaired) electrons. The highest BCUT2D eigenvalue weighted by Gasteiger charge is 2.38. The fourth-order valence-electron chi connectivity index (χ4n) is 3.02. The number of hydrogen-bond acceptors (Lipinski definition) is 3. The second-order valence-corrected chi connectivity index (χ2v) is 6.92. The third-order valence-corrected chi connectivity index (χ3v) is 4.30. The Hall–Kier alpha value is -1.10. The first-order valence-corrected chi connectivity index (χ1v) is 7.57. The van der Waals surface area contributed by atoms with Crippen LogP contribution in [0.1, 0.15) is 40.0 Å². The number of aliphatic hydroxyl groups is 1. The number of likely N-dealkylation sites (tertiary alicyclic amines) is 2. The molecule has 2 rings (SSSR count). The topological polar surface area (TPSA) is 60.9 Å². The molecule has 2 aliphatic rings. The first-order chi connectivity index (χ1) is 9.28. The number of rotatable bonds is 3. The molecule has 0 aromatic heterocycles. The highest BCUT2D eigenvalue weighted by Crippen LogP contribution is 2.26. The molecule has 0 spiro atoms. The molecule has 0 aromatic carbocycles. The van der Waals surface area contributed by atoms with Gasteiger partial charge in [0.05, 0.1) is 11.5 Å². The van der Waals surface area contributed by atoms with Crippen molar-refractivity contribution in [3.8, 4) is 0 Å². The van der Waals surface area contributed by atoms with Crippen LogP contribution in [-0.4, -0.2) is 58.5 Å². The maximum atomic E-state index is 12.5. The zero-order chi connectivity index (χ0) is 14.9. The average molecular weight is 282 g/mol. The third kappa shape index (κ3) is 3.51.